The molecule has 1 aliphatic heterocycles. The topological polar surface area (TPSA) is 32.3 Å². The number of anilines is 1. The molecule has 3 aromatic carbocycles. The van der Waals surface area contributed by atoms with Crippen LogP contribution in [0.3, 0.4) is 0 Å². The van der Waals surface area contributed by atoms with Crippen LogP contribution >= 0.6 is 23.3 Å². The molecule has 0 saturated heterocycles. The van der Waals surface area contributed by atoms with Crippen molar-refractivity contribution in [3.63, 3.8) is 0 Å². The highest BCUT2D eigenvalue weighted by molar-refractivity contribution is 7.97. The molecule has 1 N–H and O–H groups in total. The number of hydrogen-bond acceptors (Lipinski definition) is 4. The summed E-state index contributed by atoms with van der Waals surface area (Å²) < 4.78 is 3.43. The van der Waals surface area contributed by atoms with Gasteiger partial charge in [-0.05, 0) is 81.7 Å². The summed E-state index contributed by atoms with van der Waals surface area (Å²) in [5.74, 6) is 0.114. The van der Waals surface area contributed by atoms with Crippen molar-refractivity contribution in [2.75, 3.05) is 4.90 Å². The molecular weight excluding hydrogens is 420 g/mol. The third kappa shape index (κ3) is 4.44. The number of nitrogens with one attached hydrogen (secondary N) is 1. The van der Waals surface area contributed by atoms with Crippen LogP contribution in [-0.4, -0.2) is 11.9 Å². The zero-order chi connectivity index (χ0) is 21.0. The molecule has 0 bridgehead atoms. The fourth-order valence-electron chi connectivity index (χ4n) is 3.88. The second kappa shape index (κ2) is 9.10. The van der Waals surface area contributed by atoms with Crippen LogP contribution < -0.4 is 9.62 Å². The van der Waals surface area contributed by atoms with Gasteiger partial charge in [0.1, 0.15) is 6.04 Å². The first-order valence-corrected chi connectivity index (χ1v) is 12.0. The zero-order valence-electron chi connectivity index (χ0n) is 16.9. The number of nitrogens with zero attached hydrogens (tertiary/aromatic N) is 1. The summed E-state index contributed by atoms with van der Waals surface area (Å²) in [5.41, 5.74) is 5.76. The van der Waals surface area contributed by atoms with Gasteiger partial charge in [-0.2, -0.15) is 11.3 Å². The van der Waals surface area contributed by atoms with Gasteiger partial charge in [0.2, 0.25) is 5.91 Å². The van der Waals surface area contributed by atoms with E-state index in [9.17, 15) is 4.79 Å². The molecule has 0 saturated carbocycles. The first-order valence-electron chi connectivity index (χ1n) is 10.3. The van der Waals surface area contributed by atoms with Crippen molar-refractivity contribution < 1.29 is 4.79 Å². The lowest BCUT2D eigenvalue weighted by Gasteiger charge is -2.35. The second-order valence-electron chi connectivity index (χ2n) is 7.56. The van der Waals surface area contributed by atoms with Crippen molar-refractivity contribution in [3.8, 4) is 11.1 Å². The van der Waals surface area contributed by atoms with Crippen LogP contribution in [0.1, 0.15) is 11.1 Å². The van der Waals surface area contributed by atoms with Gasteiger partial charge >= 0.3 is 0 Å². The maximum absolute atomic E-state index is 13.5. The van der Waals surface area contributed by atoms with Gasteiger partial charge in [-0.15, -0.1) is 0 Å². The molecule has 1 amide bonds. The number of amides is 1. The third-order valence-electron chi connectivity index (χ3n) is 5.46. The van der Waals surface area contributed by atoms with E-state index in [1.165, 1.54) is 28.6 Å². The van der Waals surface area contributed by atoms with Crippen molar-refractivity contribution in [3.05, 3.63) is 107 Å². The first kappa shape index (κ1) is 20.1. The van der Waals surface area contributed by atoms with E-state index in [0.29, 0.717) is 13.0 Å². The second-order valence-corrected chi connectivity index (χ2v) is 9.25. The summed E-state index contributed by atoms with van der Waals surface area (Å²) in [6.45, 7) is 0.568. The van der Waals surface area contributed by atoms with E-state index in [1.54, 1.807) is 11.3 Å². The standard InChI is InChI=1S/C26H22N2OS2/c29-26-24(27-31-23-9-5-2-6-10-23)16-22-15-20(21-13-14-30-18-21)11-12-25(22)28(26)17-19-7-3-1-4-8-19/h1-15,18,24,27H,16-17H2. The fraction of sp³-hybridized carbons (Fsp3) is 0.115. The Bertz CT molecular complexity index is 1160. The lowest BCUT2D eigenvalue weighted by atomic mass is 9.94. The molecule has 3 nitrogen and oxygen atoms in total. The van der Waals surface area contributed by atoms with Crippen LogP contribution in [0.4, 0.5) is 5.69 Å². The number of thiophene rings is 1. The van der Waals surface area contributed by atoms with Crippen LogP contribution in [0.25, 0.3) is 11.1 Å². The molecule has 1 aromatic heterocycles. The minimum Gasteiger partial charge on any atom is -0.306 e. The smallest absolute Gasteiger partial charge is 0.245 e. The minimum absolute atomic E-state index is 0.114. The Hall–Kier alpha value is -2.86. The number of carbonyl (C=O) groups excluding carboxylic acids is 1. The maximum atomic E-state index is 13.5. The molecule has 0 fully saturated rings. The Kier molecular flexibility index (Phi) is 5.89. The number of fused-ring (bicyclic) bond motifs is 1. The molecule has 0 aliphatic carbocycles. The molecular formula is C26H22N2OS2. The predicted molar refractivity (Wildman–Crippen MR) is 130 cm³/mol. The monoisotopic (exact) mass is 442 g/mol. The van der Waals surface area contributed by atoms with Crippen molar-refractivity contribution in [1.29, 1.82) is 0 Å². The fourth-order valence-corrected chi connectivity index (χ4v) is 5.30. The summed E-state index contributed by atoms with van der Waals surface area (Å²) in [5, 5.41) is 4.26. The Balaban J connectivity index is 1.46. The average molecular weight is 443 g/mol. The lowest BCUT2D eigenvalue weighted by Crippen LogP contribution is -2.49. The van der Waals surface area contributed by atoms with Gasteiger partial charge in [0.05, 0.1) is 6.54 Å². The van der Waals surface area contributed by atoms with Gasteiger partial charge in [0, 0.05) is 10.6 Å². The molecule has 1 unspecified atom stereocenters. The van der Waals surface area contributed by atoms with Crippen LogP contribution in [0.15, 0.2) is 101 Å². The van der Waals surface area contributed by atoms with E-state index in [4.69, 9.17) is 0 Å². The van der Waals surface area contributed by atoms with Gasteiger partial charge < -0.3 is 4.90 Å². The summed E-state index contributed by atoms with van der Waals surface area (Å²) in [7, 11) is 0. The minimum atomic E-state index is -0.279. The van der Waals surface area contributed by atoms with E-state index in [0.717, 1.165) is 16.1 Å². The Morgan fingerprint density at radius 1 is 0.935 bits per heavy atom. The Morgan fingerprint density at radius 2 is 1.71 bits per heavy atom. The van der Waals surface area contributed by atoms with E-state index in [-0.39, 0.29) is 11.9 Å². The molecule has 2 heterocycles. The van der Waals surface area contributed by atoms with Crippen molar-refractivity contribution in [2.45, 2.75) is 23.9 Å². The van der Waals surface area contributed by atoms with Crippen molar-refractivity contribution in [2.24, 2.45) is 0 Å². The molecule has 154 valence electrons. The lowest BCUT2D eigenvalue weighted by molar-refractivity contribution is -0.120. The number of rotatable bonds is 6. The summed E-state index contributed by atoms with van der Waals surface area (Å²) in [4.78, 5) is 16.5. The highest BCUT2D eigenvalue weighted by atomic mass is 32.2. The van der Waals surface area contributed by atoms with Crippen LogP contribution in [-0.2, 0) is 17.8 Å². The van der Waals surface area contributed by atoms with Gasteiger partial charge in [-0.3, -0.25) is 4.79 Å². The largest absolute Gasteiger partial charge is 0.306 e. The SMILES string of the molecule is O=C1C(NSc2ccccc2)Cc2cc(-c3ccsc3)ccc2N1Cc1ccccc1. The number of hydrogen-bond donors (Lipinski definition) is 1. The zero-order valence-corrected chi connectivity index (χ0v) is 18.5. The summed E-state index contributed by atoms with van der Waals surface area (Å²) in [6.07, 6.45) is 0.678. The predicted octanol–water partition coefficient (Wildman–Crippen LogP) is 6.17. The number of benzene rings is 3. The van der Waals surface area contributed by atoms with Crippen LogP contribution in [0, 0.1) is 0 Å². The average Bonchev–Trinajstić information content (AvgIpc) is 3.36. The van der Waals surface area contributed by atoms with Gasteiger partial charge in [-0.25, -0.2) is 4.72 Å². The van der Waals surface area contributed by atoms with E-state index < -0.39 is 0 Å². The van der Waals surface area contributed by atoms with Crippen LogP contribution in [0.5, 0.6) is 0 Å². The maximum Gasteiger partial charge on any atom is 0.245 e. The molecule has 4 aromatic rings. The molecule has 0 spiro atoms. The van der Waals surface area contributed by atoms with Crippen molar-refractivity contribution in [1.82, 2.24) is 4.72 Å². The van der Waals surface area contributed by atoms with E-state index in [1.807, 2.05) is 41.3 Å². The third-order valence-corrected chi connectivity index (χ3v) is 7.05. The summed E-state index contributed by atoms with van der Waals surface area (Å²) in [6, 6.07) is 28.6. The van der Waals surface area contributed by atoms with Crippen LogP contribution in [0.2, 0.25) is 0 Å². The van der Waals surface area contributed by atoms with Gasteiger partial charge in [0.25, 0.3) is 0 Å². The Labute approximate surface area is 190 Å². The molecule has 1 aliphatic rings. The molecule has 1 atom stereocenters. The highest BCUT2D eigenvalue weighted by Crippen LogP contribution is 2.34. The number of carbonyl (C=O) groups is 1. The molecule has 5 heteroatoms. The Morgan fingerprint density at radius 3 is 2.45 bits per heavy atom. The first-order chi connectivity index (χ1) is 15.3. The van der Waals surface area contributed by atoms with Crippen molar-refractivity contribution >= 4 is 34.9 Å². The van der Waals surface area contributed by atoms with Gasteiger partial charge in [-0.1, -0.05) is 54.6 Å². The highest BCUT2D eigenvalue weighted by Gasteiger charge is 2.33. The van der Waals surface area contributed by atoms with Gasteiger partial charge in [0.15, 0.2) is 0 Å². The summed E-state index contributed by atoms with van der Waals surface area (Å²) >= 11 is 3.22. The van der Waals surface area contributed by atoms with E-state index >= 15 is 0 Å². The quantitative estimate of drug-likeness (QED) is 0.363. The van der Waals surface area contributed by atoms with E-state index in [2.05, 4.69) is 64.0 Å². The molecule has 31 heavy (non-hydrogen) atoms. The molecule has 0 radical (unpaired) electrons. The molecule has 5 rings (SSSR count). The normalized spacial score (nSPS) is 15.7.